The van der Waals surface area contributed by atoms with E-state index in [0.717, 1.165) is 0 Å². The molecule has 1 aromatic heterocycles. The summed E-state index contributed by atoms with van der Waals surface area (Å²) in [5.41, 5.74) is 0.283. The Morgan fingerprint density at radius 1 is 1.57 bits per heavy atom. The van der Waals surface area contributed by atoms with Gasteiger partial charge in [-0.1, -0.05) is 0 Å². The van der Waals surface area contributed by atoms with Gasteiger partial charge in [-0.05, 0) is 13.0 Å². The summed E-state index contributed by atoms with van der Waals surface area (Å²) in [4.78, 5) is 22.6. The van der Waals surface area contributed by atoms with Crippen LogP contribution >= 0.6 is 0 Å². The largest absolute Gasteiger partial charge is 0.468 e. The molecule has 0 saturated carbocycles. The van der Waals surface area contributed by atoms with Gasteiger partial charge in [-0.2, -0.15) is 5.10 Å². The number of ether oxygens (including phenoxy) is 1. The fraction of sp³-hybridized carbons (Fsp3) is 0.444. The first kappa shape index (κ1) is 10.4. The third kappa shape index (κ3) is 1.99. The minimum Gasteiger partial charge on any atom is -0.468 e. The van der Waals surface area contributed by atoms with Gasteiger partial charge in [0.25, 0.3) is 0 Å². The van der Waals surface area contributed by atoms with E-state index in [0.29, 0.717) is 0 Å². The Morgan fingerprint density at radius 3 is 2.64 bits per heavy atom. The standard InChI is InChI=1S/C9H12N2O3/c1-6(9(13)14-3)8(12)7-4-5-11(2)10-7/h4-6H,1-3H3. The van der Waals surface area contributed by atoms with Crippen molar-refractivity contribution in [3.05, 3.63) is 18.0 Å². The summed E-state index contributed by atoms with van der Waals surface area (Å²) in [5, 5.41) is 3.91. The molecular weight excluding hydrogens is 184 g/mol. The van der Waals surface area contributed by atoms with Crippen molar-refractivity contribution in [3.63, 3.8) is 0 Å². The normalized spacial score (nSPS) is 12.2. The summed E-state index contributed by atoms with van der Waals surface area (Å²) in [7, 11) is 2.96. The van der Waals surface area contributed by atoms with E-state index in [4.69, 9.17) is 0 Å². The van der Waals surface area contributed by atoms with Crippen molar-refractivity contribution in [2.75, 3.05) is 7.11 Å². The number of esters is 1. The lowest BCUT2D eigenvalue weighted by atomic mass is 10.0. The molecule has 5 nitrogen and oxygen atoms in total. The third-order valence-electron chi connectivity index (χ3n) is 1.91. The van der Waals surface area contributed by atoms with Crippen LogP contribution in [0.3, 0.4) is 0 Å². The summed E-state index contributed by atoms with van der Waals surface area (Å²) in [6.45, 7) is 1.50. The molecule has 0 saturated heterocycles. The lowest BCUT2D eigenvalue weighted by Crippen LogP contribution is -2.22. The van der Waals surface area contributed by atoms with Gasteiger partial charge in [0.1, 0.15) is 11.6 Å². The van der Waals surface area contributed by atoms with Crippen LogP contribution in [0.5, 0.6) is 0 Å². The van der Waals surface area contributed by atoms with Crippen molar-refractivity contribution in [3.8, 4) is 0 Å². The molecule has 1 heterocycles. The fourth-order valence-corrected chi connectivity index (χ4v) is 1.05. The van der Waals surface area contributed by atoms with E-state index in [1.165, 1.54) is 18.7 Å². The summed E-state index contributed by atoms with van der Waals surface area (Å²) < 4.78 is 5.98. The number of ketones is 1. The average Bonchev–Trinajstić information content (AvgIpc) is 2.61. The first-order valence-corrected chi connectivity index (χ1v) is 4.18. The molecule has 0 aliphatic carbocycles. The van der Waals surface area contributed by atoms with Crippen LogP contribution in [0.4, 0.5) is 0 Å². The predicted octanol–water partition coefficient (Wildman–Crippen LogP) is 0.412. The highest BCUT2D eigenvalue weighted by atomic mass is 16.5. The van der Waals surface area contributed by atoms with Gasteiger partial charge in [0.15, 0.2) is 5.78 Å². The zero-order chi connectivity index (χ0) is 10.7. The minimum atomic E-state index is -0.796. The van der Waals surface area contributed by atoms with Gasteiger partial charge >= 0.3 is 5.97 Å². The van der Waals surface area contributed by atoms with E-state index in [2.05, 4.69) is 9.84 Å². The minimum absolute atomic E-state index is 0.283. The first-order valence-electron chi connectivity index (χ1n) is 4.18. The second-order valence-electron chi connectivity index (χ2n) is 2.98. The number of carbonyl (C=O) groups is 2. The van der Waals surface area contributed by atoms with Crippen LogP contribution in [-0.4, -0.2) is 28.6 Å². The first-order chi connectivity index (χ1) is 6.56. The Kier molecular flexibility index (Phi) is 3.01. The number of hydrogen-bond donors (Lipinski definition) is 0. The van der Waals surface area contributed by atoms with Crippen molar-refractivity contribution < 1.29 is 14.3 Å². The van der Waals surface area contributed by atoms with E-state index in [1.807, 2.05) is 0 Å². The molecule has 76 valence electrons. The monoisotopic (exact) mass is 196 g/mol. The van der Waals surface area contributed by atoms with Gasteiger partial charge in [0, 0.05) is 13.2 Å². The van der Waals surface area contributed by atoms with Gasteiger partial charge in [-0.25, -0.2) is 0 Å². The van der Waals surface area contributed by atoms with Crippen molar-refractivity contribution in [2.45, 2.75) is 6.92 Å². The molecule has 0 bridgehead atoms. The van der Waals surface area contributed by atoms with Crippen LogP contribution in [0.15, 0.2) is 12.3 Å². The number of nitrogens with zero attached hydrogens (tertiary/aromatic N) is 2. The predicted molar refractivity (Wildman–Crippen MR) is 48.7 cm³/mol. The lowest BCUT2D eigenvalue weighted by molar-refractivity contribution is -0.143. The number of hydrogen-bond acceptors (Lipinski definition) is 4. The fourth-order valence-electron chi connectivity index (χ4n) is 1.05. The number of rotatable bonds is 3. The van der Waals surface area contributed by atoms with Crippen molar-refractivity contribution in [2.24, 2.45) is 13.0 Å². The Hall–Kier alpha value is -1.65. The van der Waals surface area contributed by atoms with E-state index in [-0.39, 0.29) is 11.5 Å². The van der Waals surface area contributed by atoms with E-state index in [9.17, 15) is 9.59 Å². The van der Waals surface area contributed by atoms with Gasteiger partial charge in [0.2, 0.25) is 0 Å². The highest BCUT2D eigenvalue weighted by molar-refractivity contribution is 6.07. The molecular formula is C9H12N2O3. The Balaban J connectivity index is 2.80. The smallest absolute Gasteiger partial charge is 0.316 e. The molecule has 0 fully saturated rings. The maximum Gasteiger partial charge on any atom is 0.316 e. The quantitative estimate of drug-likeness (QED) is 0.399. The zero-order valence-corrected chi connectivity index (χ0v) is 8.35. The van der Waals surface area contributed by atoms with Gasteiger partial charge in [-0.3, -0.25) is 14.3 Å². The second kappa shape index (κ2) is 4.04. The van der Waals surface area contributed by atoms with E-state index >= 15 is 0 Å². The van der Waals surface area contributed by atoms with Crippen molar-refractivity contribution in [1.82, 2.24) is 9.78 Å². The SMILES string of the molecule is COC(=O)C(C)C(=O)c1ccn(C)n1. The number of aryl methyl sites for hydroxylation is 1. The molecule has 0 radical (unpaired) electrons. The zero-order valence-electron chi connectivity index (χ0n) is 8.35. The van der Waals surface area contributed by atoms with Crippen molar-refractivity contribution >= 4 is 11.8 Å². The van der Waals surface area contributed by atoms with E-state index < -0.39 is 11.9 Å². The topological polar surface area (TPSA) is 61.2 Å². The Bertz CT molecular complexity index is 357. The third-order valence-corrected chi connectivity index (χ3v) is 1.91. The van der Waals surface area contributed by atoms with Gasteiger partial charge in [0.05, 0.1) is 7.11 Å². The highest BCUT2D eigenvalue weighted by Crippen LogP contribution is 2.07. The molecule has 0 spiro atoms. The summed E-state index contributed by atoms with van der Waals surface area (Å²) in [6.07, 6.45) is 1.65. The molecule has 0 aromatic carbocycles. The molecule has 14 heavy (non-hydrogen) atoms. The molecule has 1 aromatic rings. The van der Waals surface area contributed by atoms with E-state index in [1.54, 1.807) is 19.3 Å². The Labute approximate surface area is 81.7 Å². The lowest BCUT2D eigenvalue weighted by Gasteiger charge is -2.05. The summed E-state index contributed by atoms with van der Waals surface area (Å²) >= 11 is 0. The van der Waals surface area contributed by atoms with Crippen molar-refractivity contribution in [1.29, 1.82) is 0 Å². The van der Waals surface area contributed by atoms with Crippen LogP contribution < -0.4 is 0 Å². The molecule has 5 heteroatoms. The summed E-state index contributed by atoms with van der Waals surface area (Å²) in [5.74, 6) is -1.66. The molecule has 1 atom stereocenters. The second-order valence-corrected chi connectivity index (χ2v) is 2.98. The van der Waals surface area contributed by atoms with Crippen LogP contribution in [0.1, 0.15) is 17.4 Å². The number of aromatic nitrogens is 2. The highest BCUT2D eigenvalue weighted by Gasteiger charge is 2.24. The van der Waals surface area contributed by atoms with Crippen LogP contribution in [0.2, 0.25) is 0 Å². The average molecular weight is 196 g/mol. The van der Waals surface area contributed by atoms with Crippen LogP contribution in [0, 0.1) is 5.92 Å². The Morgan fingerprint density at radius 2 is 2.21 bits per heavy atom. The number of Topliss-reactive ketones (excluding diaryl/α,β-unsaturated/α-hetero) is 1. The molecule has 0 amide bonds. The van der Waals surface area contributed by atoms with Gasteiger partial charge in [-0.15, -0.1) is 0 Å². The molecule has 1 unspecified atom stereocenters. The maximum atomic E-state index is 11.6. The molecule has 0 aliphatic rings. The molecule has 0 N–H and O–H groups in total. The number of carbonyl (C=O) groups excluding carboxylic acids is 2. The number of methoxy groups -OCH3 is 1. The van der Waals surface area contributed by atoms with Crippen LogP contribution in [0.25, 0.3) is 0 Å². The maximum absolute atomic E-state index is 11.6. The molecule has 1 rings (SSSR count). The van der Waals surface area contributed by atoms with Crippen LogP contribution in [-0.2, 0) is 16.6 Å². The summed E-state index contributed by atoms with van der Waals surface area (Å²) in [6, 6.07) is 1.57. The van der Waals surface area contributed by atoms with Gasteiger partial charge < -0.3 is 4.74 Å². The molecule has 0 aliphatic heterocycles.